The molecule has 0 spiro atoms. The average molecular weight is 596 g/mol. The third-order valence-corrected chi connectivity index (χ3v) is 9.15. The summed E-state index contributed by atoms with van der Waals surface area (Å²) in [6, 6.07) is 10.7. The fourth-order valence-corrected chi connectivity index (χ4v) is 6.25. The first kappa shape index (κ1) is 29.0. The third kappa shape index (κ3) is 6.70. The van der Waals surface area contributed by atoms with Gasteiger partial charge in [0.2, 0.25) is 5.89 Å². The number of urea groups is 1. The summed E-state index contributed by atoms with van der Waals surface area (Å²) in [6.07, 6.45) is -2.80. The summed E-state index contributed by atoms with van der Waals surface area (Å²) in [4.78, 5) is 18.7. The van der Waals surface area contributed by atoms with Crippen molar-refractivity contribution in [2.24, 2.45) is 0 Å². The Hall–Kier alpha value is -3.52. The second-order valence-electron chi connectivity index (χ2n) is 10.4. The molecule has 0 bridgehead atoms. The molecule has 0 saturated carbocycles. The number of hydrogen-bond donors (Lipinski definition) is 0. The molecule has 2 aliphatic heterocycles. The number of alkyl halides is 3. The molecule has 2 saturated heterocycles. The Labute approximate surface area is 234 Å². The first-order chi connectivity index (χ1) is 19.4. The van der Waals surface area contributed by atoms with E-state index >= 15 is 4.39 Å². The fourth-order valence-electron chi connectivity index (χ4n) is 5.05. The van der Waals surface area contributed by atoms with Crippen LogP contribution < -0.4 is 4.90 Å². The number of halogens is 4. The van der Waals surface area contributed by atoms with Crippen molar-refractivity contribution in [2.45, 2.75) is 31.5 Å². The van der Waals surface area contributed by atoms with Crippen LogP contribution >= 0.6 is 0 Å². The molecule has 0 aliphatic carbocycles. The summed E-state index contributed by atoms with van der Waals surface area (Å²) in [5.41, 5.74) is 1.71. The number of rotatable bonds is 5. The largest absolute Gasteiger partial charge is 0.470 e. The molecule has 5 rings (SSSR count). The van der Waals surface area contributed by atoms with Gasteiger partial charge in [-0.2, -0.15) is 13.2 Å². The first-order valence-electron chi connectivity index (χ1n) is 13.1. The molecular formula is C27H29F4N5O4S. The fraction of sp³-hybridized carbons (Fsp3) is 0.444. The summed E-state index contributed by atoms with van der Waals surface area (Å²) in [6.45, 7) is 1.83. The first-order valence-corrected chi connectivity index (χ1v) is 15.0. The summed E-state index contributed by atoms with van der Waals surface area (Å²) in [5.74, 6) is -2.74. The van der Waals surface area contributed by atoms with Gasteiger partial charge in [0.15, 0.2) is 9.84 Å². The van der Waals surface area contributed by atoms with Crippen LogP contribution in [0, 0.1) is 5.82 Å². The number of carbonyl (C=O) groups excluding carboxylic acids is 1. The number of aromatic nitrogens is 2. The lowest BCUT2D eigenvalue weighted by Gasteiger charge is -2.33. The number of piperidine rings is 1. The lowest BCUT2D eigenvalue weighted by molar-refractivity contribution is -0.156. The minimum Gasteiger partial charge on any atom is -0.413 e. The van der Waals surface area contributed by atoms with Crippen LogP contribution in [0.4, 0.5) is 28.0 Å². The van der Waals surface area contributed by atoms with E-state index in [1.807, 2.05) is 12.1 Å². The lowest BCUT2D eigenvalue weighted by Crippen LogP contribution is -2.49. The van der Waals surface area contributed by atoms with Crippen LogP contribution in [0.25, 0.3) is 11.5 Å². The van der Waals surface area contributed by atoms with Crippen LogP contribution in [0.1, 0.15) is 35.8 Å². The zero-order valence-corrected chi connectivity index (χ0v) is 23.1. The van der Waals surface area contributed by atoms with Gasteiger partial charge in [0.25, 0.3) is 0 Å². The van der Waals surface area contributed by atoms with Crippen molar-refractivity contribution < 1.29 is 35.2 Å². The van der Waals surface area contributed by atoms with E-state index in [1.165, 1.54) is 21.9 Å². The Bertz CT molecular complexity index is 1490. The number of carbonyl (C=O) groups is 1. The number of sulfone groups is 1. The van der Waals surface area contributed by atoms with Crippen LogP contribution in [-0.2, 0) is 22.6 Å². The molecule has 3 heterocycles. The Kier molecular flexibility index (Phi) is 8.06. The second kappa shape index (κ2) is 11.4. The molecule has 0 unspecified atom stereocenters. The number of benzene rings is 2. The van der Waals surface area contributed by atoms with Gasteiger partial charge in [-0.25, -0.2) is 17.6 Å². The lowest BCUT2D eigenvalue weighted by atomic mass is 9.89. The van der Waals surface area contributed by atoms with Crippen molar-refractivity contribution in [3.05, 3.63) is 65.3 Å². The molecule has 14 heteroatoms. The standard InChI is InChI=1S/C27H29F4N5O4S/c1-34-10-8-19(9-11-34)18-4-6-22(7-5-18)36(26(37)35-12-14-41(38,39)15-13-35)17-21-3-2-20(16-23(21)28)24-32-33-25(40-24)27(29,30)31/h2-7,16,19H,8-15,17H2,1H3. The molecule has 9 nitrogen and oxygen atoms in total. The quantitative estimate of drug-likeness (QED) is 0.399. The van der Waals surface area contributed by atoms with Gasteiger partial charge in [-0.05, 0) is 68.7 Å². The summed E-state index contributed by atoms with van der Waals surface area (Å²) in [7, 11) is -1.15. The van der Waals surface area contributed by atoms with E-state index in [9.17, 15) is 26.4 Å². The van der Waals surface area contributed by atoms with Crippen molar-refractivity contribution in [1.29, 1.82) is 0 Å². The van der Waals surface area contributed by atoms with E-state index in [4.69, 9.17) is 0 Å². The monoisotopic (exact) mass is 595 g/mol. The van der Waals surface area contributed by atoms with Crippen molar-refractivity contribution in [3.63, 3.8) is 0 Å². The van der Waals surface area contributed by atoms with E-state index < -0.39 is 39.6 Å². The highest BCUT2D eigenvalue weighted by atomic mass is 32.2. The number of nitrogens with zero attached hydrogens (tertiary/aromatic N) is 5. The van der Waals surface area contributed by atoms with E-state index in [-0.39, 0.29) is 42.3 Å². The highest BCUT2D eigenvalue weighted by Gasteiger charge is 2.38. The van der Waals surface area contributed by atoms with Gasteiger partial charge >= 0.3 is 18.1 Å². The van der Waals surface area contributed by atoms with Crippen LogP contribution in [0.5, 0.6) is 0 Å². The molecule has 0 N–H and O–H groups in total. The van der Waals surface area contributed by atoms with Crippen LogP contribution in [0.3, 0.4) is 0 Å². The molecule has 0 atom stereocenters. The van der Waals surface area contributed by atoms with E-state index in [2.05, 4.69) is 26.6 Å². The predicted octanol–water partition coefficient (Wildman–Crippen LogP) is 4.56. The van der Waals surface area contributed by atoms with Crippen molar-refractivity contribution >= 4 is 21.6 Å². The van der Waals surface area contributed by atoms with Crippen LogP contribution in [0.2, 0.25) is 0 Å². The van der Waals surface area contributed by atoms with Gasteiger partial charge in [-0.3, -0.25) is 4.90 Å². The number of likely N-dealkylation sites (tertiary alicyclic amines) is 1. The van der Waals surface area contributed by atoms with Crippen LogP contribution in [-0.4, -0.2) is 79.2 Å². The van der Waals surface area contributed by atoms with Gasteiger partial charge < -0.3 is 14.2 Å². The van der Waals surface area contributed by atoms with Crippen molar-refractivity contribution in [2.75, 3.05) is 49.6 Å². The zero-order chi connectivity index (χ0) is 29.4. The van der Waals surface area contributed by atoms with Crippen molar-refractivity contribution in [1.82, 2.24) is 20.0 Å². The highest BCUT2D eigenvalue weighted by molar-refractivity contribution is 7.91. The van der Waals surface area contributed by atoms with Gasteiger partial charge in [-0.15, -0.1) is 10.2 Å². The highest BCUT2D eigenvalue weighted by Crippen LogP contribution is 2.32. The molecule has 0 radical (unpaired) electrons. The summed E-state index contributed by atoms with van der Waals surface area (Å²) >= 11 is 0. The molecule has 220 valence electrons. The predicted molar refractivity (Wildman–Crippen MR) is 142 cm³/mol. The molecule has 2 fully saturated rings. The van der Waals surface area contributed by atoms with Gasteiger partial charge in [-0.1, -0.05) is 18.2 Å². The number of amides is 2. The minimum atomic E-state index is -4.83. The minimum absolute atomic E-state index is 0.0193. The van der Waals surface area contributed by atoms with Crippen molar-refractivity contribution in [3.8, 4) is 11.5 Å². The van der Waals surface area contributed by atoms with Gasteiger partial charge in [0.05, 0.1) is 18.1 Å². The van der Waals surface area contributed by atoms with E-state index in [1.54, 1.807) is 12.1 Å². The molecule has 2 aromatic carbocycles. The normalized spacial score (nSPS) is 18.4. The van der Waals surface area contributed by atoms with E-state index in [0.717, 1.165) is 37.6 Å². The Balaban J connectivity index is 1.40. The Morgan fingerprint density at radius 3 is 2.27 bits per heavy atom. The molecule has 3 aromatic rings. The van der Waals surface area contributed by atoms with Gasteiger partial charge in [0.1, 0.15) is 5.82 Å². The van der Waals surface area contributed by atoms with Gasteiger partial charge in [0, 0.05) is 29.9 Å². The molecule has 1 aromatic heterocycles. The maximum atomic E-state index is 15.3. The summed E-state index contributed by atoms with van der Waals surface area (Å²) in [5, 5.41) is 6.32. The molecule has 2 amide bonds. The maximum absolute atomic E-state index is 15.3. The third-order valence-electron chi connectivity index (χ3n) is 7.54. The molecular weight excluding hydrogens is 566 g/mol. The number of anilines is 1. The SMILES string of the molecule is CN1CCC(c2ccc(N(Cc3ccc(-c4nnc(C(F)(F)F)o4)cc3F)C(=O)N3CCS(=O)(=O)CC3)cc2)CC1. The maximum Gasteiger partial charge on any atom is 0.470 e. The Morgan fingerprint density at radius 2 is 1.68 bits per heavy atom. The smallest absolute Gasteiger partial charge is 0.413 e. The van der Waals surface area contributed by atoms with Crippen LogP contribution in [0.15, 0.2) is 46.9 Å². The topological polar surface area (TPSA) is 99.8 Å². The zero-order valence-electron chi connectivity index (χ0n) is 22.3. The molecule has 41 heavy (non-hydrogen) atoms. The molecule has 2 aliphatic rings. The second-order valence-corrected chi connectivity index (χ2v) is 12.7. The van der Waals surface area contributed by atoms with E-state index in [0.29, 0.717) is 11.6 Å². The Morgan fingerprint density at radius 1 is 1.02 bits per heavy atom. The number of hydrogen-bond acceptors (Lipinski definition) is 7. The average Bonchev–Trinajstić information content (AvgIpc) is 3.44. The summed E-state index contributed by atoms with van der Waals surface area (Å²) < 4.78 is 82.3.